The number of cyclic esters (lactones) is 1. The van der Waals surface area contributed by atoms with E-state index in [0.717, 1.165) is 0 Å². The predicted octanol–water partition coefficient (Wildman–Crippen LogP) is 5.14. The van der Waals surface area contributed by atoms with Crippen molar-refractivity contribution in [2.24, 2.45) is 5.92 Å². The van der Waals surface area contributed by atoms with Crippen molar-refractivity contribution in [3.63, 3.8) is 0 Å². The molecule has 0 amide bonds. The molecule has 6 nitrogen and oxygen atoms in total. The van der Waals surface area contributed by atoms with Gasteiger partial charge in [-0.05, 0) is 47.6 Å². The summed E-state index contributed by atoms with van der Waals surface area (Å²) in [4.78, 5) is 25.3. The van der Waals surface area contributed by atoms with Crippen LogP contribution in [-0.2, 0) is 11.3 Å². The molecule has 0 aromatic heterocycles. The molecule has 0 saturated heterocycles. The average Bonchev–Trinajstić information content (AvgIpc) is 2.67. The Bertz CT molecular complexity index is 1020. The Morgan fingerprint density at radius 3 is 2.69 bits per heavy atom. The van der Waals surface area contributed by atoms with Crippen LogP contribution < -0.4 is 9.47 Å². The molecule has 8 heteroatoms. The van der Waals surface area contributed by atoms with Crippen molar-refractivity contribution in [3.8, 4) is 23.0 Å². The Balaban J connectivity index is 2.21. The molecule has 1 aliphatic heterocycles. The topological polar surface area (TPSA) is 82.1 Å². The molecule has 1 heterocycles. The van der Waals surface area contributed by atoms with Gasteiger partial charge in [0.2, 0.25) is 0 Å². The number of aromatic hydroxyl groups is 1. The number of hydrogen-bond acceptors (Lipinski definition) is 6. The number of halogens is 2. The number of ketones is 1. The summed E-state index contributed by atoms with van der Waals surface area (Å²) in [6, 6.07) is 2.91. The lowest BCUT2D eigenvalue weighted by Crippen LogP contribution is -2.16. The van der Waals surface area contributed by atoms with E-state index in [1.807, 2.05) is 36.4 Å². The van der Waals surface area contributed by atoms with Crippen LogP contribution in [0.1, 0.15) is 52.1 Å². The van der Waals surface area contributed by atoms with Gasteiger partial charge in [0, 0.05) is 12.0 Å². The maximum absolute atomic E-state index is 14.7. The van der Waals surface area contributed by atoms with E-state index in [2.05, 4.69) is 0 Å². The fourth-order valence-corrected chi connectivity index (χ4v) is 3.64. The van der Waals surface area contributed by atoms with Crippen LogP contribution >= 0.6 is 22.6 Å². The van der Waals surface area contributed by atoms with Crippen LogP contribution in [0.4, 0.5) is 4.39 Å². The molecule has 0 radical (unpaired) electrons. The number of carbonyl (C=O) groups is 2. The molecule has 0 fully saturated rings. The zero-order valence-corrected chi connectivity index (χ0v) is 18.5. The maximum atomic E-state index is 14.7. The summed E-state index contributed by atoms with van der Waals surface area (Å²) in [7, 11) is 1.34. The smallest absolute Gasteiger partial charge is 0.346 e. The lowest BCUT2D eigenvalue weighted by atomic mass is 9.97. The largest absolute Gasteiger partial charge is 0.503 e. The molecular weight excluding hydrogens is 494 g/mol. The third kappa shape index (κ3) is 3.77. The number of benzene rings is 2. The number of ether oxygens (including phenoxy) is 3. The van der Waals surface area contributed by atoms with E-state index in [1.54, 1.807) is 0 Å². The van der Waals surface area contributed by atoms with E-state index in [-0.39, 0.29) is 63.4 Å². The van der Waals surface area contributed by atoms with E-state index in [4.69, 9.17) is 14.2 Å². The first-order valence-electron chi connectivity index (χ1n) is 8.95. The third-order valence-electron chi connectivity index (χ3n) is 4.60. The number of carbonyl (C=O) groups excluding carboxylic acids is 2. The minimum absolute atomic E-state index is 0.00301. The molecule has 0 unspecified atom stereocenters. The van der Waals surface area contributed by atoms with Crippen LogP contribution in [0.15, 0.2) is 12.1 Å². The van der Waals surface area contributed by atoms with Crippen LogP contribution in [-0.4, -0.2) is 24.0 Å². The molecule has 1 aliphatic rings. The molecule has 0 saturated carbocycles. The van der Waals surface area contributed by atoms with Gasteiger partial charge in [-0.15, -0.1) is 0 Å². The lowest BCUT2D eigenvalue weighted by Gasteiger charge is -2.23. The molecule has 29 heavy (non-hydrogen) atoms. The van der Waals surface area contributed by atoms with Gasteiger partial charge in [0.05, 0.1) is 21.8 Å². The second-order valence-corrected chi connectivity index (χ2v) is 8.21. The van der Waals surface area contributed by atoms with E-state index in [1.165, 1.54) is 26.2 Å². The number of methoxy groups -OCH3 is 1. The summed E-state index contributed by atoms with van der Waals surface area (Å²) in [6.45, 7) is 4.90. The molecule has 0 aliphatic carbocycles. The fourth-order valence-electron chi connectivity index (χ4n) is 3.16. The van der Waals surface area contributed by atoms with Crippen molar-refractivity contribution < 1.29 is 33.3 Å². The Hall–Kier alpha value is -2.36. The monoisotopic (exact) mass is 514 g/mol. The Morgan fingerprint density at radius 1 is 1.38 bits per heavy atom. The summed E-state index contributed by atoms with van der Waals surface area (Å²) in [5.41, 5.74) is 0.325. The summed E-state index contributed by atoms with van der Waals surface area (Å²) < 4.78 is 31.4. The van der Waals surface area contributed by atoms with Crippen molar-refractivity contribution >= 4 is 34.3 Å². The lowest BCUT2D eigenvalue weighted by molar-refractivity contribution is 0.0450. The summed E-state index contributed by atoms with van der Waals surface area (Å²) in [5, 5.41) is 10.5. The van der Waals surface area contributed by atoms with Gasteiger partial charge in [0.15, 0.2) is 17.3 Å². The molecule has 1 N–H and O–H groups in total. The molecule has 0 bridgehead atoms. The minimum Gasteiger partial charge on any atom is -0.503 e. The Kier molecular flexibility index (Phi) is 6.02. The van der Waals surface area contributed by atoms with E-state index in [9.17, 15) is 19.1 Å². The standard InChI is InChI=1S/C21H20FIO6/c1-9(2)7-13(24)11-5-6-14-15(19(11)27-4)21(26)28-8-12-16(22)10(3)17(23)18(25)20(12)29-14/h5-6,9,25H,7-8H2,1-4H3. The SMILES string of the molecule is COc1c(C(=O)CC(C)C)ccc2c1C(=O)OCc1c(F)c(C)c(I)c(O)c1O2. The van der Waals surface area contributed by atoms with Crippen molar-refractivity contribution in [1.29, 1.82) is 0 Å². The van der Waals surface area contributed by atoms with Gasteiger partial charge in [0.1, 0.15) is 29.5 Å². The minimum atomic E-state index is -0.809. The maximum Gasteiger partial charge on any atom is 0.346 e. The highest BCUT2D eigenvalue weighted by atomic mass is 127. The highest BCUT2D eigenvalue weighted by Crippen LogP contribution is 2.45. The molecule has 0 atom stereocenters. The van der Waals surface area contributed by atoms with Gasteiger partial charge in [-0.3, -0.25) is 4.79 Å². The number of phenolic OH excluding ortho intramolecular Hbond substituents is 1. The number of Topliss-reactive ketones (excluding diaryl/α,β-unsaturated/α-hetero) is 1. The van der Waals surface area contributed by atoms with Gasteiger partial charge in [-0.1, -0.05) is 13.8 Å². The van der Waals surface area contributed by atoms with Crippen molar-refractivity contribution in [1.82, 2.24) is 0 Å². The summed E-state index contributed by atoms with van der Waals surface area (Å²) >= 11 is 1.82. The van der Waals surface area contributed by atoms with Crippen molar-refractivity contribution in [2.75, 3.05) is 7.11 Å². The Morgan fingerprint density at radius 2 is 2.07 bits per heavy atom. The van der Waals surface area contributed by atoms with Crippen molar-refractivity contribution in [3.05, 3.63) is 43.8 Å². The van der Waals surface area contributed by atoms with Gasteiger partial charge in [0.25, 0.3) is 0 Å². The zero-order valence-electron chi connectivity index (χ0n) is 16.4. The molecule has 2 aromatic rings. The van der Waals surface area contributed by atoms with Crippen LogP contribution in [0.5, 0.6) is 23.0 Å². The van der Waals surface area contributed by atoms with Crippen LogP contribution in [0, 0.1) is 22.2 Å². The first-order valence-corrected chi connectivity index (χ1v) is 10.0. The Labute approximate surface area is 181 Å². The number of rotatable bonds is 4. The van der Waals surface area contributed by atoms with Gasteiger partial charge >= 0.3 is 5.97 Å². The summed E-state index contributed by atoms with van der Waals surface area (Å²) in [6.07, 6.45) is 0.275. The third-order valence-corrected chi connectivity index (χ3v) is 5.92. The second kappa shape index (κ2) is 8.17. The number of phenols is 1. The van der Waals surface area contributed by atoms with Crippen LogP contribution in [0.3, 0.4) is 0 Å². The van der Waals surface area contributed by atoms with E-state index >= 15 is 0 Å². The van der Waals surface area contributed by atoms with Crippen LogP contribution in [0.2, 0.25) is 0 Å². The number of fused-ring (bicyclic) bond motifs is 2. The van der Waals surface area contributed by atoms with E-state index < -0.39 is 18.4 Å². The zero-order chi connectivity index (χ0) is 21.5. The quantitative estimate of drug-likeness (QED) is 0.346. The normalized spacial score (nSPS) is 13.0. The van der Waals surface area contributed by atoms with Gasteiger partial charge < -0.3 is 19.3 Å². The average molecular weight is 514 g/mol. The summed E-state index contributed by atoms with van der Waals surface area (Å²) in [5.74, 6) is -1.84. The van der Waals surface area contributed by atoms with E-state index in [0.29, 0.717) is 3.57 Å². The molecule has 0 spiro atoms. The van der Waals surface area contributed by atoms with Gasteiger partial charge in [-0.25, -0.2) is 9.18 Å². The molecule has 3 rings (SSSR count). The first-order chi connectivity index (χ1) is 13.7. The molecular formula is C21H20FIO6. The van der Waals surface area contributed by atoms with Crippen molar-refractivity contribution in [2.45, 2.75) is 33.8 Å². The van der Waals surface area contributed by atoms with Gasteiger partial charge in [-0.2, -0.15) is 0 Å². The van der Waals surface area contributed by atoms with Crippen LogP contribution in [0.25, 0.3) is 0 Å². The molecule has 2 aromatic carbocycles. The highest BCUT2D eigenvalue weighted by Gasteiger charge is 2.32. The highest BCUT2D eigenvalue weighted by molar-refractivity contribution is 14.1. The second-order valence-electron chi connectivity index (χ2n) is 7.13. The first kappa shape index (κ1) is 21.4. The molecule has 154 valence electrons. The fraction of sp³-hybridized carbons (Fsp3) is 0.333. The number of esters is 1. The predicted molar refractivity (Wildman–Crippen MR) is 111 cm³/mol. The number of hydrogen-bond donors (Lipinski definition) is 1.